The monoisotopic (exact) mass is 286 g/mol. The molecule has 21 heavy (non-hydrogen) atoms. The summed E-state index contributed by atoms with van der Waals surface area (Å²) >= 11 is 0. The van der Waals surface area contributed by atoms with Crippen LogP contribution in [0, 0.1) is 0 Å². The largest absolute Gasteiger partial charge is 0.497 e. The van der Waals surface area contributed by atoms with Gasteiger partial charge in [-0.2, -0.15) is 0 Å². The molecule has 0 fully saturated rings. The van der Waals surface area contributed by atoms with Gasteiger partial charge in [0.05, 0.1) is 7.11 Å². The summed E-state index contributed by atoms with van der Waals surface area (Å²) < 4.78 is 10.7. The van der Waals surface area contributed by atoms with Crippen LogP contribution in [0.5, 0.6) is 11.5 Å². The van der Waals surface area contributed by atoms with Gasteiger partial charge < -0.3 is 14.8 Å². The van der Waals surface area contributed by atoms with Crippen molar-refractivity contribution in [1.82, 2.24) is 10.3 Å². The van der Waals surface area contributed by atoms with Crippen LogP contribution in [0.25, 0.3) is 0 Å². The highest BCUT2D eigenvalue weighted by Crippen LogP contribution is 2.19. The molecule has 2 rings (SSSR count). The number of hydrogen-bond donors (Lipinski definition) is 1. The summed E-state index contributed by atoms with van der Waals surface area (Å²) in [5, 5.41) is 2.82. The first-order valence-corrected chi connectivity index (χ1v) is 6.66. The van der Waals surface area contributed by atoms with Crippen LogP contribution < -0.4 is 14.8 Å². The minimum absolute atomic E-state index is 0.172. The van der Waals surface area contributed by atoms with Crippen molar-refractivity contribution in [1.29, 1.82) is 0 Å². The normalized spacial score (nSPS) is 11.5. The van der Waals surface area contributed by atoms with Crippen LogP contribution in [0.4, 0.5) is 0 Å². The lowest BCUT2D eigenvalue weighted by Crippen LogP contribution is -2.35. The number of amides is 1. The van der Waals surface area contributed by atoms with E-state index in [1.165, 1.54) is 0 Å². The van der Waals surface area contributed by atoms with Crippen molar-refractivity contribution in [2.45, 2.75) is 19.6 Å². The molecule has 1 unspecified atom stereocenters. The van der Waals surface area contributed by atoms with E-state index in [9.17, 15) is 4.79 Å². The van der Waals surface area contributed by atoms with Crippen molar-refractivity contribution in [2.24, 2.45) is 0 Å². The van der Waals surface area contributed by atoms with Crippen LogP contribution in [-0.2, 0) is 11.3 Å². The first-order chi connectivity index (χ1) is 10.2. The maximum absolute atomic E-state index is 12.0. The topological polar surface area (TPSA) is 60.5 Å². The van der Waals surface area contributed by atoms with E-state index < -0.39 is 6.10 Å². The molecule has 0 spiro atoms. The minimum atomic E-state index is -0.584. The summed E-state index contributed by atoms with van der Waals surface area (Å²) in [5.41, 5.74) is 0.993. The van der Waals surface area contributed by atoms with Crippen LogP contribution in [0.15, 0.2) is 48.8 Å². The highest BCUT2D eigenvalue weighted by Gasteiger charge is 2.14. The zero-order valence-electron chi connectivity index (χ0n) is 12.1. The number of methoxy groups -OCH3 is 1. The predicted molar refractivity (Wildman–Crippen MR) is 79.2 cm³/mol. The van der Waals surface area contributed by atoms with Crippen molar-refractivity contribution in [3.8, 4) is 11.5 Å². The molecule has 5 heteroatoms. The second kappa shape index (κ2) is 7.28. The number of ether oxygens (including phenoxy) is 2. The summed E-state index contributed by atoms with van der Waals surface area (Å²) in [7, 11) is 1.59. The van der Waals surface area contributed by atoms with Crippen molar-refractivity contribution in [3.63, 3.8) is 0 Å². The Balaban J connectivity index is 1.87. The lowest BCUT2D eigenvalue weighted by molar-refractivity contribution is -0.127. The van der Waals surface area contributed by atoms with Crippen molar-refractivity contribution < 1.29 is 14.3 Å². The Morgan fingerprint density at radius 3 is 2.67 bits per heavy atom. The molecule has 5 nitrogen and oxygen atoms in total. The molecule has 0 radical (unpaired) electrons. The summed E-state index contributed by atoms with van der Waals surface area (Å²) in [6.07, 6.45) is 2.80. The molecule has 0 aliphatic rings. The number of nitrogens with one attached hydrogen (secondary N) is 1. The zero-order chi connectivity index (χ0) is 15.1. The highest BCUT2D eigenvalue weighted by atomic mass is 16.5. The van der Waals surface area contributed by atoms with E-state index in [1.807, 2.05) is 24.3 Å². The second-order valence-corrected chi connectivity index (χ2v) is 4.51. The van der Waals surface area contributed by atoms with E-state index in [-0.39, 0.29) is 5.91 Å². The Bertz CT molecular complexity index is 587. The van der Waals surface area contributed by atoms with Gasteiger partial charge in [-0.3, -0.25) is 9.78 Å². The van der Waals surface area contributed by atoms with Crippen molar-refractivity contribution in [3.05, 3.63) is 54.4 Å². The molecule has 2 aromatic rings. The van der Waals surface area contributed by atoms with Gasteiger partial charge in [-0.15, -0.1) is 0 Å². The molecule has 0 bridgehead atoms. The molecule has 1 heterocycles. The predicted octanol–water partition coefficient (Wildman–Crippen LogP) is 2.17. The first-order valence-electron chi connectivity index (χ1n) is 6.66. The Morgan fingerprint density at radius 1 is 1.24 bits per heavy atom. The third-order valence-corrected chi connectivity index (χ3v) is 2.94. The van der Waals surface area contributed by atoms with Crippen LogP contribution in [0.2, 0.25) is 0 Å². The Labute approximate surface area is 123 Å². The third-order valence-electron chi connectivity index (χ3n) is 2.94. The summed E-state index contributed by atoms with van der Waals surface area (Å²) in [5.74, 6) is 1.12. The Hall–Kier alpha value is -2.56. The van der Waals surface area contributed by atoms with E-state index >= 15 is 0 Å². The number of rotatable bonds is 6. The maximum atomic E-state index is 12.0. The quantitative estimate of drug-likeness (QED) is 0.884. The molecule has 1 atom stereocenters. The maximum Gasteiger partial charge on any atom is 0.261 e. The van der Waals surface area contributed by atoms with E-state index in [0.29, 0.717) is 18.0 Å². The number of carbonyl (C=O) groups is 1. The van der Waals surface area contributed by atoms with Gasteiger partial charge >= 0.3 is 0 Å². The van der Waals surface area contributed by atoms with E-state index in [4.69, 9.17) is 9.47 Å². The van der Waals surface area contributed by atoms with Gasteiger partial charge in [0.2, 0.25) is 0 Å². The molecular weight excluding hydrogens is 268 g/mol. The van der Waals surface area contributed by atoms with Gasteiger partial charge in [0.25, 0.3) is 5.91 Å². The first kappa shape index (κ1) is 14.8. The molecule has 0 saturated heterocycles. The van der Waals surface area contributed by atoms with Crippen LogP contribution in [-0.4, -0.2) is 24.1 Å². The van der Waals surface area contributed by atoms with E-state index in [0.717, 1.165) is 5.56 Å². The fourth-order valence-corrected chi connectivity index (χ4v) is 1.77. The van der Waals surface area contributed by atoms with Gasteiger partial charge in [0.15, 0.2) is 6.10 Å². The Kier molecular flexibility index (Phi) is 5.15. The molecule has 0 aliphatic heterocycles. The van der Waals surface area contributed by atoms with Crippen LogP contribution >= 0.6 is 0 Å². The average molecular weight is 286 g/mol. The third kappa shape index (κ3) is 4.49. The lowest BCUT2D eigenvalue weighted by atomic mass is 10.2. The van der Waals surface area contributed by atoms with E-state index in [1.54, 1.807) is 38.6 Å². The standard InChI is InChI=1S/C16H18N2O3/c1-12(21-15-5-3-4-14(10-15)20-2)16(19)18-11-13-6-8-17-9-7-13/h3-10,12H,11H2,1-2H3,(H,18,19). The minimum Gasteiger partial charge on any atom is -0.497 e. The molecule has 1 N–H and O–H groups in total. The smallest absolute Gasteiger partial charge is 0.261 e. The van der Waals surface area contributed by atoms with Gasteiger partial charge in [-0.1, -0.05) is 6.07 Å². The molecule has 1 amide bonds. The van der Waals surface area contributed by atoms with Crippen molar-refractivity contribution >= 4 is 5.91 Å². The fourth-order valence-electron chi connectivity index (χ4n) is 1.77. The molecule has 1 aromatic carbocycles. The summed E-state index contributed by atoms with van der Waals surface area (Å²) in [4.78, 5) is 15.9. The van der Waals surface area contributed by atoms with Crippen molar-refractivity contribution in [2.75, 3.05) is 7.11 Å². The van der Waals surface area contributed by atoms with Crippen LogP contribution in [0.3, 0.4) is 0 Å². The molecule has 0 aliphatic carbocycles. The number of pyridine rings is 1. The number of hydrogen-bond acceptors (Lipinski definition) is 4. The van der Waals surface area contributed by atoms with Gasteiger partial charge in [0, 0.05) is 25.0 Å². The lowest BCUT2D eigenvalue weighted by Gasteiger charge is -2.15. The van der Waals surface area contributed by atoms with Gasteiger partial charge in [-0.25, -0.2) is 0 Å². The number of aromatic nitrogens is 1. The SMILES string of the molecule is COc1cccc(OC(C)C(=O)NCc2ccncc2)c1. The number of nitrogens with zero attached hydrogens (tertiary/aromatic N) is 1. The summed E-state index contributed by atoms with van der Waals surface area (Å²) in [6.45, 7) is 2.16. The second-order valence-electron chi connectivity index (χ2n) is 4.51. The molecular formula is C16H18N2O3. The van der Waals surface area contributed by atoms with Gasteiger partial charge in [-0.05, 0) is 36.8 Å². The van der Waals surface area contributed by atoms with E-state index in [2.05, 4.69) is 10.3 Å². The number of benzene rings is 1. The van der Waals surface area contributed by atoms with Crippen LogP contribution in [0.1, 0.15) is 12.5 Å². The van der Waals surface area contributed by atoms with Gasteiger partial charge in [0.1, 0.15) is 11.5 Å². The summed E-state index contributed by atoms with van der Waals surface area (Å²) in [6, 6.07) is 10.9. The average Bonchev–Trinajstić information content (AvgIpc) is 2.53. The zero-order valence-corrected chi connectivity index (χ0v) is 12.1. The Morgan fingerprint density at radius 2 is 1.95 bits per heavy atom. The molecule has 110 valence electrons. The molecule has 0 saturated carbocycles. The highest BCUT2D eigenvalue weighted by molar-refractivity contribution is 5.80. The fraction of sp³-hybridized carbons (Fsp3) is 0.250. The number of carbonyl (C=O) groups excluding carboxylic acids is 1. The molecule has 1 aromatic heterocycles.